The molecule has 0 amide bonds. The van der Waals surface area contributed by atoms with Crippen molar-refractivity contribution >= 4 is 44.0 Å². The van der Waals surface area contributed by atoms with Gasteiger partial charge in [0, 0.05) is 17.1 Å². The van der Waals surface area contributed by atoms with E-state index in [4.69, 9.17) is 16.6 Å². The fourth-order valence-corrected chi connectivity index (χ4v) is 5.19. The Labute approximate surface area is 180 Å². The molecule has 8 heteroatoms. The van der Waals surface area contributed by atoms with E-state index in [1.54, 1.807) is 35.8 Å². The third kappa shape index (κ3) is 3.84. The van der Waals surface area contributed by atoms with Gasteiger partial charge in [0.25, 0.3) is 5.56 Å². The summed E-state index contributed by atoms with van der Waals surface area (Å²) >= 11 is 6.20. The van der Waals surface area contributed by atoms with Gasteiger partial charge in [-0.05, 0) is 61.7 Å². The smallest absolute Gasteiger partial charge is 0.271 e. The quantitative estimate of drug-likeness (QED) is 0.596. The van der Waals surface area contributed by atoms with Gasteiger partial charge in [-0.3, -0.25) is 9.36 Å². The number of aromatic nitrogens is 2. The summed E-state index contributed by atoms with van der Waals surface area (Å²) in [5, 5.41) is 4.29. The minimum absolute atomic E-state index is 0.0622. The van der Waals surface area contributed by atoms with Crippen LogP contribution >= 0.6 is 11.6 Å². The molecule has 1 saturated carbocycles. The molecule has 2 aromatic heterocycles. The molecule has 0 saturated heterocycles. The Morgan fingerprint density at radius 1 is 1.17 bits per heavy atom. The van der Waals surface area contributed by atoms with Gasteiger partial charge in [-0.15, -0.1) is 0 Å². The van der Waals surface area contributed by atoms with Crippen molar-refractivity contribution in [1.29, 1.82) is 0 Å². The van der Waals surface area contributed by atoms with Gasteiger partial charge in [0.1, 0.15) is 16.5 Å². The first-order valence-electron chi connectivity index (χ1n) is 10.1. The van der Waals surface area contributed by atoms with Crippen LogP contribution < -0.4 is 10.9 Å². The highest BCUT2D eigenvalue weighted by Crippen LogP contribution is 2.32. The molecule has 1 N–H and O–H groups in total. The minimum atomic E-state index is -3.26. The lowest BCUT2D eigenvalue weighted by atomic mass is 10.2. The maximum absolute atomic E-state index is 12.8. The zero-order chi connectivity index (χ0) is 21.5. The molecule has 6 nitrogen and oxygen atoms in total. The van der Waals surface area contributed by atoms with E-state index in [9.17, 15) is 13.2 Å². The number of nitrogens with zero attached hydrogens (tertiary/aromatic N) is 2. The highest BCUT2D eigenvalue weighted by molar-refractivity contribution is 7.91. The van der Waals surface area contributed by atoms with Crippen LogP contribution in [-0.4, -0.2) is 23.7 Å². The maximum atomic E-state index is 12.8. The Balaban J connectivity index is 1.75. The van der Waals surface area contributed by atoms with E-state index >= 15 is 0 Å². The second kappa shape index (κ2) is 8.04. The maximum Gasteiger partial charge on any atom is 0.271 e. The van der Waals surface area contributed by atoms with Crippen molar-refractivity contribution in [1.82, 2.24) is 9.55 Å². The third-order valence-corrected chi connectivity index (χ3v) is 7.73. The molecule has 158 valence electrons. The van der Waals surface area contributed by atoms with Gasteiger partial charge in [-0.2, -0.15) is 0 Å². The average Bonchev–Trinajstić information content (AvgIpc) is 3.25. The summed E-state index contributed by atoms with van der Waals surface area (Å²) in [6, 6.07) is 10.5. The van der Waals surface area contributed by atoms with Crippen molar-refractivity contribution in [2.24, 2.45) is 0 Å². The highest BCUT2D eigenvalue weighted by atomic mass is 35.5. The molecule has 30 heavy (non-hydrogen) atoms. The van der Waals surface area contributed by atoms with Crippen LogP contribution in [-0.2, 0) is 9.84 Å². The van der Waals surface area contributed by atoms with Crippen molar-refractivity contribution in [3.8, 4) is 0 Å². The lowest BCUT2D eigenvalue weighted by Crippen LogP contribution is -2.25. The van der Waals surface area contributed by atoms with Crippen molar-refractivity contribution in [2.75, 3.05) is 11.1 Å². The number of hydrogen-bond acceptors (Lipinski definition) is 5. The van der Waals surface area contributed by atoms with Gasteiger partial charge in [-0.25, -0.2) is 13.4 Å². The van der Waals surface area contributed by atoms with E-state index in [0.29, 0.717) is 16.4 Å². The number of nitrogens with one attached hydrogen (secondary N) is 1. The SMILES string of the molecule is CCS(=O)(=O)c1ccc(Nc2ccc3cc(Cl)c(=O)n(C4CCCC4)c3n2)c(C)c1. The molecule has 3 aromatic rings. The Kier molecular flexibility index (Phi) is 5.59. The van der Waals surface area contributed by atoms with E-state index in [0.717, 1.165) is 42.3 Å². The predicted molar refractivity (Wildman–Crippen MR) is 121 cm³/mol. The summed E-state index contributed by atoms with van der Waals surface area (Å²) < 4.78 is 26.0. The molecule has 0 atom stereocenters. The first-order chi connectivity index (χ1) is 14.3. The fourth-order valence-electron chi connectivity index (χ4n) is 4.02. The summed E-state index contributed by atoms with van der Waals surface area (Å²) in [7, 11) is -3.26. The Morgan fingerprint density at radius 2 is 1.90 bits per heavy atom. The highest BCUT2D eigenvalue weighted by Gasteiger charge is 2.22. The summed E-state index contributed by atoms with van der Waals surface area (Å²) in [5.41, 5.74) is 1.98. The number of sulfone groups is 1. The summed E-state index contributed by atoms with van der Waals surface area (Å²) in [5.74, 6) is 0.650. The number of benzene rings is 1. The summed E-state index contributed by atoms with van der Waals surface area (Å²) in [4.78, 5) is 17.8. The molecule has 2 heterocycles. The molecule has 4 rings (SSSR count). The monoisotopic (exact) mass is 445 g/mol. The Morgan fingerprint density at radius 3 is 2.57 bits per heavy atom. The molecule has 0 unspecified atom stereocenters. The summed E-state index contributed by atoms with van der Waals surface area (Å²) in [6.45, 7) is 3.48. The molecule has 1 aliphatic rings. The van der Waals surface area contributed by atoms with Gasteiger partial charge in [-0.1, -0.05) is 31.4 Å². The van der Waals surface area contributed by atoms with Crippen molar-refractivity contribution < 1.29 is 8.42 Å². The largest absolute Gasteiger partial charge is 0.340 e. The first kappa shape index (κ1) is 20.9. The van der Waals surface area contributed by atoms with Crippen LogP contribution in [0.3, 0.4) is 0 Å². The number of fused-ring (bicyclic) bond motifs is 1. The zero-order valence-corrected chi connectivity index (χ0v) is 18.6. The van der Waals surface area contributed by atoms with Crippen molar-refractivity contribution in [2.45, 2.75) is 50.5 Å². The normalized spacial score (nSPS) is 15.0. The second-order valence-corrected chi connectivity index (χ2v) is 10.4. The van der Waals surface area contributed by atoms with Crippen LogP contribution in [0.25, 0.3) is 11.0 Å². The zero-order valence-electron chi connectivity index (χ0n) is 17.0. The van der Waals surface area contributed by atoms with E-state index in [-0.39, 0.29) is 22.4 Å². The number of pyridine rings is 2. The van der Waals surface area contributed by atoms with Gasteiger partial charge in [0.2, 0.25) is 0 Å². The molecular weight excluding hydrogens is 422 g/mol. The number of hydrogen-bond donors (Lipinski definition) is 1. The molecule has 0 radical (unpaired) electrons. The molecule has 1 aromatic carbocycles. The summed E-state index contributed by atoms with van der Waals surface area (Å²) in [6.07, 6.45) is 4.08. The van der Waals surface area contributed by atoms with Gasteiger partial charge < -0.3 is 5.32 Å². The number of anilines is 2. The van der Waals surface area contributed by atoms with Crippen LogP contribution in [0, 0.1) is 6.92 Å². The fraction of sp³-hybridized carbons (Fsp3) is 0.364. The van der Waals surface area contributed by atoms with Gasteiger partial charge >= 0.3 is 0 Å². The molecule has 0 spiro atoms. The molecular formula is C22H24ClN3O3S. The van der Waals surface area contributed by atoms with Crippen molar-refractivity contribution in [3.05, 3.63) is 57.3 Å². The second-order valence-electron chi connectivity index (χ2n) is 7.72. The Bertz CT molecular complexity index is 1280. The molecule has 1 fully saturated rings. The van der Waals surface area contributed by atoms with Crippen molar-refractivity contribution in [3.63, 3.8) is 0 Å². The molecule has 0 bridgehead atoms. The number of rotatable bonds is 5. The average molecular weight is 446 g/mol. The number of halogens is 1. The molecule has 0 aliphatic heterocycles. The topological polar surface area (TPSA) is 81.1 Å². The van der Waals surface area contributed by atoms with Gasteiger partial charge in [0.15, 0.2) is 9.84 Å². The van der Waals surface area contributed by atoms with Crippen LogP contribution in [0.15, 0.2) is 46.1 Å². The van der Waals surface area contributed by atoms with E-state index in [1.165, 1.54) is 0 Å². The predicted octanol–water partition coefficient (Wildman–Crippen LogP) is 5.01. The number of aryl methyl sites for hydroxylation is 1. The lowest BCUT2D eigenvalue weighted by molar-refractivity contribution is 0.516. The molecule has 1 aliphatic carbocycles. The van der Waals surface area contributed by atoms with Gasteiger partial charge in [0.05, 0.1) is 10.6 Å². The van der Waals surface area contributed by atoms with E-state index in [2.05, 4.69) is 5.32 Å². The van der Waals surface area contributed by atoms with Crippen LogP contribution in [0.1, 0.15) is 44.2 Å². The first-order valence-corrected chi connectivity index (χ1v) is 12.2. The van der Waals surface area contributed by atoms with Crippen LogP contribution in [0.4, 0.5) is 11.5 Å². The minimum Gasteiger partial charge on any atom is -0.340 e. The van der Waals surface area contributed by atoms with E-state index < -0.39 is 9.84 Å². The standard InChI is InChI=1S/C22H24ClN3O3S/c1-3-30(28,29)17-9-10-19(14(2)12-17)24-20-11-8-15-13-18(23)22(27)26(21(15)25-20)16-6-4-5-7-16/h8-13,16H,3-7H2,1-2H3,(H,24,25). The third-order valence-electron chi connectivity index (χ3n) is 5.73. The lowest BCUT2D eigenvalue weighted by Gasteiger charge is -2.18. The van der Waals surface area contributed by atoms with Crippen LogP contribution in [0.5, 0.6) is 0 Å². The van der Waals surface area contributed by atoms with E-state index in [1.807, 2.05) is 19.1 Å². The Hall–Kier alpha value is -2.38. The van der Waals surface area contributed by atoms with Crippen LogP contribution in [0.2, 0.25) is 5.02 Å².